The van der Waals surface area contributed by atoms with E-state index in [1.807, 2.05) is 0 Å². The lowest BCUT2D eigenvalue weighted by Crippen LogP contribution is -2.37. The van der Waals surface area contributed by atoms with Crippen molar-refractivity contribution in [3.63, 3.8) is 0 Å². The molecule has 1 aliphatic rings. The highest BCUT2D eigenvalue weighted by Gasteiger charge is 2.41. The number of ether oxygens (including phenoxy) is 2. The van der Waals surface area contributed by atoms with E-state index in [4.69, 9.17) is 9.47 Å². The fourth-order valence-electron chi connectivity index (χ4n) is 3.55. The van der Waals surface area contributed by atoms with Gasteiger partial charge < -0.3 is 14.4 Å². The molecule has 0 N–H and O–H groups in total. The first-order valence-electron chi connectivity index (χ1n) is 10.2. The topological polar surface area (TPSA) is 102 Å². The minimum Gasteiger partial charge on any atom is -0.383 e. The fraction of sp³-hybridized carbons (Fsp3) is 0.304. The van der Waals surface area contributed by atoms with Crippen LogP contribution >= 0.6 is 0 Å². The lowest BCUT2D eigenvalue weighted by Gasteiger charge is -2.25. The van der Waals surface area contributed by atoms with Gasteiger partial charge in [-0.15, -0.1) is 0 Å². The molecule has 33 heavy (non-hydrogen) atoms. The van der Waals surface area contributed by atoms with Gasteiger partial charge in [-0.2, -0.15) is 0 Å². The van der Waals surface area contributed by atoms with Crippen LogP contribution in [0.1, 0.15) is 11.1 Å². The smallest absolute Gasteiger partial charge is 0.278 e. The quantitative estimate of drug-likeness (QED) is 0.290. The van der Waals surface area contributed by atoms with Gasteiger partial charge in [0.2, 0.25) is 0 Å². The van der Waals surface area contributed by atoms with E-state index >= 15 is 0 Å². The van der Waals surface area contributed by atoms with Crippen LogP contribution in [0.5, 0.6) is 0 Å². The molecule has 1 heterocycles. The van der Waals surface area contributed by atoms with Gasteiger partial charge in [-0.1, -0.05) is 18.2 Å². The molecule has 0 aromatic heterocycles. The van der Waals surface area contributed by atoms with Crippen LogP contribution in [0.25, 0.3) is 5.57 Å². The van der Waals surface area contributed by atoms with Gasteiger partial charge in [-0.3, -0.25) is 24.6 Å². The summed E-state index contributed by atoms with van der Waals surface area (Å²) < 4.78 is 24.6. The Morgan fingerprint density at radius 1 is 0.970 bits per heavy atom. The van der Waals surface area contributed by atoms with Crippen LogP contribution in [0.2, 0.25) is 0 Å². The summed E-state index contributed by atoms with van der Waals surface area (Å²) in [6.07, 6.45) is 0. The van der Waals surface area contributed by atoms with Crippen LogP contribution in [0.3, 0.4) is 0 Å². The molecule has 0 bridgehead atoms. The standard InChI is InChI=1S/C23H24FN3O6/c1-32-13-11-25(12-14-33-2)21-20(16-7-9-18(10-8-16)27(30)31)22(28)26(23(21)29)15-17-5-3-4-6-19(17)24/h3-10H,11-15H2,1-2H3. The molecule has 174 valence electrons. The van der Waals surface area contributed by atoms with Crippen molar-refractivity contribution in [3.05, 3.63) is 81.3 Å². The molecule has 2 aromatic rings. The van der Waals surface area contributed by atoms with E-state index < -0.39 is 22.6 Å². The minimum absolute atomic E-state index is 0.0958. The molecule has 0 radical (unpaired) electrons. The number of non-ortho nitro benzene ring substituents is 1. The molecule has 0 spiro atoms. The monoisotopic (exact) mass is 457 g/mol. The van der Waals surface area contributed by atoms with E-state index in [1.54, 1.807) is 11.0 Å². The van der Waals surface area contributed by atoms with Gasteiger partial charge in [0.1, 0.15) is 11.5 Å². The van der Waals surface area contributed by atoms with Crippen LogP contribution in [-0.4, -0.2) is 67.1 Å². The number of hydrogen-bond donors (Lipinski definition) is 0. The van der Waals surface area contributed by atoms with Crippen LogP contribution < -0.4 is 0 Å². The van der Waals surface area contributed by atoms with Gasteiger partial charge >= 0.3 is 0 Å². The number of amides is 2. The van der Waals surface area contributed by atoms with E-state index in [9.17, 15) is 24.1 Å². The summed E-state index contributed by atoms with van der Waals surface area (Å²) in [6.45, 7) is 0.939. The third-order valence-corrected chi connectivity index (χ3v) is 5.24. The van der Waals surface area contributed by atoms with E-state index in [1.165, 1.54) is 56.7 Å². The van der Waals surface area contributed by atoms with Crippen LogP contribution in [0.15, 0.2) is 54.2 Å². The zero-order chi connectivity index (χ0) is 24.0. The van der Waals surface area contributed by atoms with Crippen molar-refractivity contribution < 1.29 is 28.4 Å². The number of methoxy groups -OCH3 is 2. The summed E-state index contributed by atoms with van der Waals surface area (Å²) in [5, 5.41) is 11.0. The second-order valence-electron chi connectivity index (χ2n) is 7.29. The van der Waals surface area contributed by atoms with Crippen molar-refractivity contribution >= 4 is 23.1 Å². The first-order valence-corrected chi connectivity index (χ1v) is 10.2. The number of nitro benzene ring substituents is 1. The van der Waals surface area contributed by atoms with E-state index in [0.717, 1.165) is 4.90 Å². The molecule has 2 aromatic carbocycles. The van der Waals surface area contributed by atoms with Crippen molar-refractivity contribution in [3.8, 4) is 0 Å². The Morgan fingerprint density at radius 2 is 1.58 bits per heavy atom. The SMILES string of the molecule is COCCN(CCOC)C1=C(c2ccc([N+](=O)[O-])cc2)C(=O)N(Cc2ccccc2F)C1=O. The second-order valence-corrected chi connectivity index (χ2v) is 7.29. The van der Waals surface area contributed by atoms with E-state index in [0.29, 0.717) is 18.7 Å². The largest absolute Gasteiger partial charge is 0.383 e. The van der Waals surface area contributed by atoms with Gasteiger partial charge in [-0.05, 0) is 23.8 Å². The number of carbonyl (C=O) groups is 2. The minimum atomic E-state index is -0.605. The summed E-state index contributed by atoms with van der Waals surface area (Å²) in [4.78, 5) is 40.0. The molecule has 10 heteroatoms. The third kappa shape index (κ3) is 5.24. The Labute approximate surface area is 190 Å². The molecule has 1 aliphatic heterocycles. The highest BCUT2D eigenvalue weighted by molar-refractivity contribution is 6.35. The number of hydrogen-bond acceptors (Lipinski definition) is 7. The Hall–Kier alpha value is -3.63. The summed E-state index contributed by atoms with van der Waals surface area (Å²) in [5.41, 5.74) is 0.628. The Morgan fingerprint density at radius 3 is 2.12 bits per heavy atom. The number of nitrogens with zero attached hydrogens (tertiary/aromatic N) is 3. The maximum absolute atomic E-state index is 14.3. The zero-order valence-electron chi connectivity index (χ0n) is 18.3. The van der Waals surface area contributed by atoms with Crippen molar-refractivity contribution in [2.45, 2.75) is 6.54 Å². The average Bonchev–Trinajstić information content (AvgIpc) is 3.05. The van der Waals surface area contributed by atoms with Crippen molar-refractivity contribution in [1.82, 2.24) is 9.80 Å². The molecule has 0 saturated carbocycles. The zero-order valence-corrected chi connectivity index (χ0v) is 18.3. The third-order valence-electron chi connectivity index (χ3n) is 5.24. The number of carbonyl (C=O) groups excluding carboxylic acids is 2. The fourth-order valence-corrected chi connectivity index (χ4v) is 3.55. The molecule has 0 saturated heterocycles. The van der Waals surface area contributed by atoms with E-state index in [-0.39, 0.29) is 42.3 Å². The molecule has 9 nitrogen and oxygen atoms in total. The number of nitro groups is 1. The Kier molecular flexibility index (Phi) is 7.86. The summed E-state index contributed by atoms with van der Waals surface area (Å²) in [6, 6.07) is 11.3. The van der Waals surface area contributed by atoms with E-state index in [2.05, 4.69) is 0 Å². The Balaban J connectivity index is 2.07. The summed E-state index contributed by atoms with van der Waals surface area (Å²) in [5.74, 6) is -1.71. The summed E-state index contributed by atoms with van der Waals surface area (Å²) >= 11 is 0. The van der Waals surface area contributed by atoms with Crippen LogP contribution in [0.4, 0.5) is 10.1 Å². The van der Waals surface area contributed by atoms with Gasteiger partial charge in [0.15, 0.2) is 0 Å². The molecule has 2 amide bonds. The van der Waals surface area contributed by atoms with Crippen LogP contribution in [-0.2, 0) is 25.6 Å². The van der Waals surface area contributed by atoms with Gasteiger partial charge in [0, 0.05) is 45.0 Å². The van der Waals surface area contributed by atoms with Crippen molar-refractivity contribution in [2.24, 2.45) is 0 Å². The lowest BCUT2D eigenvalue weighted by molar-refractivity contribution is -0.384. The molecule has 0 atom stereocenters. The normalized spacial score (nSPS) is 13.7. The first-order chi connectivity index (χ1) is 15.9. The Bertz CT molecular complexity index is 1060. The molecule has 0 unspecified atom stereocenters. The molecule has 0 aliphatic carbocycles. The lowest BCUT2D eigenvalue weighted by atomic mass is 10.0. The number of imide groups is 1. The molecule has 3 rings (SSSR count). The predicted octanol–water partition coefficient (Wildman–Crippen LogP) is 2.61. The van der Waals surface area contributed by atoms with Gasteiger partial charge in [0.05, 0.1) is 30.3 Å². The van der Waals surface area contributed by atoms with Crippen molar-refractivity contribution in [2.75, 3.05) is 40.5 Å². The maximum Gasteiger partial charge on any atom is 0.278 e. The van der Waals surface area contributed by atoms with Crippen LogP contribution in [0, 0.1) is 15.9 Å². The highest BCUT2D eigenvalue weighted by Crippen LogP contribution is 2.33. The maximum atomic E-state index is 14.3. The average molecular weight is 457 g/mol. The molecular formula is C23H24FN3O6. The predicted molar refractivity (Wildman–Crippen MR) is 117 cm³/mol. The molecule has 0 fully saturated rings. The number of halogens is 1. The highest BCUT2D eigenvalue weighted by atomic mass is 19.1. The second kappa shape index (κ2) is 10.8. The number of rotatable bonds is 11. The van der Waals surface area contributed by atoms with Gasteiger partial charge in [0.25, 0.3) is 17.5 Å². The summed E-state index contributed by atoms with van der Waals surface area (Å²) in [7, 11) is 3.04. The first kappa shape index (κ1) is 24.0. The number of benzene rings is 2. The molecular weight excluding hydrogens is 433 g/mol. The van der Waals surface area contributed by atoms with Crippen molar-refractivity contribution in [1.29, 1.82) is 0 Å². The van der Waals surface area contributed by atoms with Gasteiger partial charge in [-0.25, -0.2) is 4.39 Å².